The minimum atomic E-state index is -1.38. The summed E-state index contributed by atoms with van der Waals surface area (Å²) in [5, 5.41) is 0. The third kappa shape index (κ3) is 10.8. The molecule has 8 heteroatoms. The van der Waals surface area contributed by atoms with Crippen LogP contribution < -0.4 is 0 Å². The van der Waals surface area contributed by atoms with Gasteiger partial charge in [-0.25, -0.2) is 14.4 Å². The van der Waals surface area contributed by atoms with E-state index >= 15 is 0 Å². The summed E-state index contributed by atoms with van der Waals surface area (Å²) in [5.41, 5.74) is -1.48. The topological polar surface area (TPSA) is 105 Å². The van der Waals surface area contributed by atoms with Gasteiger partial charge in [0, 0.05) is 16.7 Å². The van der Waals surface area contributed by atoms with Crippen molar-refractivity contribution in [3.05, 3.63) is 36.5 Å². The molecule has 0 saturated carbocycles. The van der Waals surface area contributed by atoms with Crippen molar-refractivity contribution in [1.29, 1.82) is 0 Å². The Morgan fingerprint density at radius 3 is 1.03 bits per heavy atom. The Hall–Kier alpha value is -2.90. The summed E-state index contributed by atoms with van der Waals surface area (Å²) in [6, 6.07) is 0. The van der Waals surface area contributed by atoms with E-state index in [0.717, 1.165) is 0 Å². The van der Waals surface area contributed by atoms with Crippen LogP contribution in [0.2, 0.25) is 0 Å². The van der Waals surface area contributed by atoms with Crippen LogP contribution in [-0.4, -0.2) is 50.3 Å². The Morgan fingerprint density at radius 1 is 0.556 bits per heavy atom. The second-order valence-corrected chi connectivity index (χ2v) is 11.1. The molecule has 0 rings (SSSR count). The monoisotopic (exact) mass is 508 g/mol. The fraction of sp³-hybridized carbons (Fsp3) is 0.643. The highest BCUT2D eigenvalue weighted by molar-refractivity contribution is 5.89. The number of hydrogen-bond donors (Lipinski definition) is 0. The van der Waals surface area contributed by atoms with Crippen LogP contribution in [-0.2, 0) is 38.1 Å². The number of ether oxygens (including phenoxy) is 4. The SMILES string of the molecule is C=C(C(=O)OCC(COC(=O)C(=C)C(C)C)(COC(=O)C(=C)C(C)C)COC(=O)C(C)(C)C)C(C)C. The van der Waals surface area contributed by atoms with Crippen molar-refractivity contribution in [3.8, 4) is 0 Å². The fourth-order valence-electron chi connectivity index (χ4n) is 2.33. The molecule has 36 heavy (non-hydrogen) atoms. The second kappa shape index (κ2) is 14.0. The van der Waals surface area contributed by atoms with E-state index in [1.807, 2.05) is 0 Å². The number of rotatable bonds is 14. The maximum atomic E-state index is 12.5. The van der Waals surface area contributed by atoms with Gasteiger partial charge in [0.1, 0.15) is 31.8 Å². The molecule has 0 bridgehead atoms. The van der Waals surface area contributed by atoms with E-state index in [-0.39, 0.29) is 60.9 Å². The summed E-state index contributed by atoms with van der Waals surface area (Å²) >= 11 is 0. The van der Waals surface area contributed by atoms with Gasteiger partial charge in [0.15, 0.2) is 0 Å². The van der Waals surface area contributed by atoms with E-state index in [9.17, 15) is 19.2 Å². The Bertz CT molecular complexity index is 767. The van der Waals surface area contributed by atoms with Crippen molar-refractivity contribution in [3.63, 3.8) is 0 Å². The van der Waals surface area contributed by atoms with E-state index in [2.05, 4.69) is 19.7 Å². The van der Waals surface area contributed by atoms with Crippen molar-refractivity contribution < 1.29 is 38.1 Å². The molecule has 0 aliphatic heterocycles. The lowest BCUT2D eigenvalue weighted by atomic mass is 9.91. The highest BCUT2D eigenvalue weighted by Gasteiger charge is 2.40. The van der Waals surface area contributed by atoms with Gasteiger partial charge in [-0.3, -0.25) is 4.79 Å². The molecule has 0 radical (unpaired) electrons. The Morgan fingerprint density at radius 2 is 0.806 bits per heavy atom. The number of carbonyl (C=O) groups is 4. The molecule has 0 atom stereocenters. The van der Waals surface area contributed by atoms with Crippen molar-refractivity contribution in [2.45, 2.75) is 62.3 Å². The second-order valence-electron chi connectivity index (χ2n) is 11.1. The molecule has 8 nitrogen and oxygen atoms in total. The summed E-state index contributed by atoms with van der Waals surface area (Å²) in [4.78, 5) is 50.1. The first-order valence-electron chi connectivity index (χ1n) is 12.1. The van der Waals surface area contributed by atoms with Crippen LogP contribution in [0.3, 0.4) is 0 Å². The van der Waals surface area contributed by atoms with Crippen molar-refractivity contribution in [2.75, 3.05) is 26.4 Å². The summed E-state index contributed by atoms with van der Waals surface area (Å²) in [7, 11) is 0. The van der Waals surface area contributed by atoms with Gasteiger partial charge in [0.2, 0.25) is 0 Å². The lowest BCUT2D eigenvalue weighted by molar-refractivity contribution is -0.171. The quantitative estimate of drug-likeness (QED) is 0.187. The summed E-state index contributed by atoms with van der Waals surface area (Å²) in [5.74, 6) is -2.99. The first-order valence-corrected chi connectivity index (χ1v) is 12.1. The zero-order chi connectivity index (χ0) is 28.4. The van der Waals surface area contributed by atoms with Gasteiger partial charge in [-0.05, 0) is 38.5 Å². The van der Waals surface area contributed by atoms with Crippen LogP contribution in [0, 0.1) is 28.6 Å². The van der Waals surface area contributed by atoms with E-state index in [4.69, 9.17) is 18.9 Å². The van der Waals surface area contributed by atoms with Gasteiger partial charge in [-0.1, -0.05) is 61.3 Å². The maximum absolute atomic E-state index is 12.5. The molecule has 0 heterocycles. The average molecular weight is 509 g/mol. The van der Waals surface area contributed by atoms with E-state index < -0.39 is 34.7 Å². The molecular weight excluding hydrogens is 464 g/mol. The Labute approximate surface area is 216 Å². The van der Waals surface area contributed by atoms with Crippen LogP contribution in [0.5, 0.6) is 0 Å². The van der Waals surface area contributed by atoms with Gasteiger partial charge in [0.05, 0.1) is 5.41 Å². The standard InChI is InChI=1S/C28H44O8/c1-17(2)20(7)23(29)33-13-28(16-36-26(32)27(10,11)12,14-34-24(30)21(8)18(3)4)15-35-25(31)22(9)19(5)6/h17-19H,7-9,13-16H2,1-6,10-12H3. The number of hydrogen-bond acceptors (Lipinski definition) is 8. The van der Waals surface area contributed by atoms with Crippen LogP contribution >= 0.6 is 0 Å². The highest BCUT2D eigenvalue weighted by Crippen LogP contribution is 2.26. The molecule has 0 amide bonds. The lowest BCUT2D eigenvalue weighted by Gasteiger charge is -2.33. The van der Waals surface area contributed by atoms with E-state index in [1.165, 1.54) is 0 Å². The van der Waals surface area contributed by atoms with E-state index in [0.29, 0.717) is 0 Å². The number of esters is 4. The zero-order valence-corrected chi connectivity index (χ0v) is 23.4. The molecule has 0 spiro atoms. The smallest absolute Gasteiger partial charge is 0.333 e. The van der Waals surface area contributed by atoms with Crippen LogP contribution in [0.4, 0.5) is 0 Å². The maximum Gasteiger partial charge on any atom is 0.333 e. The Kier molecular flexibility index (Phi) is 12.9. The van der Waals surface area contributed by atoms with Gasteiger partial charge in [-0.15, -0.1) is 0 Å². The Balaban J connectivity index is 6.10. The fourth-order valence-corrected chi connectivity index (χ4v) is 2.33. The molecule has 0 fully saturated rings. The van der Waals surface area contributed by atoms with Crippen LogP contribution in [0.15, 0.2) is 36.5 Å². The summed E-state index contributed by atoms with van der Waals surface area (Å²) in [6.07, 6.45) is 0. The van der Waals surface area contributed by atoms with Gasteiger partial charge in [0.25, 0.3) is 0 Å². The predicted octanol–water partition coefficient (Wildman–Crippen LogP) is 4.83. The van der Waals surface area contributed by atoms with Crippen molar-refractivity contribution in [1.82, 2.24) is 0 Å². The molecule has 0 unspecified atom stereocenters. The molecular formula is C28H44O8. The van der Waals surface area contributed by atoms with Crippen molar-refractivity contribution >= 4 is 23.9 Å². The first kappa shape index (κ1) is 33.1. The minimum absolute atomic E-state index is 0.162. The largest absolute Gasteiger partial charge is 0.464 e. The molecule has 0 aromatic carbocycles. The van der Waals surface area contributed by atoms with Gasteiger partial charge < -0.3 is 18.9 Å². The summed E-state index contributed by atoms with van der Waals surface area (Å²) < 4.78 is 21.9. The normalized spacial score (nSPS) is 11.8. The average Bonchev–Trinajstić information content (AvgIpc) is 2.79. The van der Waals surface area contributed by atoms with E-state index in [1.54, 1.807) is 62.3 Å². The molecule has 0 N–H and O–H groups in total. The third-order valence-corrected chi connectivity index (χ3v) is 5.53. The van der Waals surface area contributed by atoms with Crippen molar-refractivity contribution in [2.24, 2.45) is 28.6 Å². The zero-order valence-electron chi connectivity index (χ0n) is 23.4. The molecule has 0 aromatic heterocycles. The van der Waals surface area contributed by atoms with Crippen LogP contribution in [0.1, 0.15) is 62.3 Å². The molecule has 0 aromatic rings. The molecule has 204 valence electrons. The lowest BCUT2D eigenvalue weighted by Crippen LogP contribution is -2.45. The molecule has 0 aliphatic carbocycles. The number of carbonyl (C=O) groups excluding carboxylic acids is 4. The molecule has 0 saturated heterocycles. The minimum Gasteiger partial charge on any atom is -0.464 e. The van der Waals surface area contributed by atoms with Gasteiger partial charge >= 0.3 is 23.9 Å². The van der Waals surface area contributed by atoms with Gasteiger partial charge in [-0.2, -0.15) is 0 Å². The molecule has 0 aliphatic rings. The highest BCUT2D eigenvalue weighted by atomic mass is 16.6. The summed E-state index contributed by atoms with van der Waals surface area (Å²) in [6.45, 7) is 25.6. The van der Waals surface area contributed by atoms with Crippen LogP contribution in [0.25, 0.3) is 0 Å². The predicted molar refractivity (Wildman–Crippen MR) is 138 cm³/mol. The first-order chi connectivity index (χ1) is 16.3. The third-order valence-electron chi connectivity index (χ3n) is 5.53.